The standard InChI is InChI=1S/C20H19F2N5O2S2/c1-11-19(31(23)29)30-20(24-11)26(2)18(28)13-9-27(10-13)15-5-3-12(4-6-15)16-7-14(21)8-17(22)25-16/h3-8,13H,9-10,23H2,1-2H3. The molecule has 1 atom stereocenters. The fourth-order valence-corrected chi connectivity index (χ4v) is 5.03. The number of amides is 1. The molecule has 7 nitrogen and oxygen atoms in total. The lowest BCUT2D eigenvalue weighted by atomic mass is 9.97. The molecule has 11 heteroatoms. The molecule has 162 valence electrons. The van der Waals surface area contributed by atoms with Crippen molar-refractivity contribution in [1.82, 2.24) is 9.97 Å². The van der Waals surface area contributed by atoms with Gasteiger partial charge in [-0.1, -0.05) is 23.5 Å². The van der Waals surface area contributed by atoms with Crippen LogP contribution < -0.4 is 14.9 Å². The molecule has 3 aromatic rings. The molecule has 2 aromatic heterocycles. The summed E-state index contributed by atoms with van der Waals surface area (Å²) in [5, 5.41) is 5.90. The number of anilines is 2. The highest BCUT2D eigenvalue weighted by Gasteiger charge is 2.36. The SMILES string of the molecule is Cc1nc(N(C)C(=O)C2CN(c3ccc(-c4cc(F)cc(F)n4)cc3)C2)sc1S(N)=O. The van der Waals surface area contributed by atoms with E-state index < -0.39 is 22.8 Å². The quantitative estimate of drug-likeness (QED) is 0.588. The van der Waals surface area contributed by atoms with Crippen molar-refractivity contribution in [2.45, 2.75) is 11.1 Å². The van der Waals surface area contributed by atoms with Crippen molar-refractivity contribution in [3.8, 4) is 11.3 Å². The molecule has 0 bridgehead atoms. The lowest BCUT2D eigenvalue weighted by Crippen LogP contribution is -2.54. The van der Waals surface area contributed by atoms with Crippen LogP contribution in [0.15, 0.2) is 40.6 Å². The zero-order chi connectivity index (χ0) is 22.3. The number of thiazole rings is 1. The molecule has 4 rings (SSSR count). The van der Waals surface area contributed by atoms with Crippen molar-refractivity contribution < 1.29 is 17.8 Å². The fraction of sp³-hybridized carbons (Fsp3) is 0.250. The maximum atomic E-state index is 13.4. The number of halogens is 2. The van der Waals surface area contributed by atoms with Gasteiger partial charge >= 0.3 is 0 Å². The average molecular weight is 464 g/mol. The first-order chi connectivity index (χ1) is 14.7. The van der Waals surface area contributed by atoms with Crippen LogP contribution in [-0.2, 0) is 15.8 Å². The van der Waals surface area contributed by atoms with E-state index in [2.05, 4.69) is 9.97 Å². The fourth-order valence-electron chi connectivity index (χ4n) is 3.37. The molecule has 0 aliphatic carbocycles. The molecule has 1 saturated heterocycles. The van der Waals surface area contributed by atoms with Crippen LogP contribution in [0.1, 0.15) is 5.69 Å². The van der Waals surface area contributed by atoms with Gasteiger partial charge in [0.2, 0.25) is 11.9 Å². The zero-order valence-corrected chi connectivity index (χ0v) is 18.3. The Bertz CT molecular complexity index is 1140. The van der Waals surface area contributed by atoms with E-state index in [0.717, 1.165) is 23.1 Å². The monoisotopic (exact) mass is 463 g/mol. The number of hydrogen-bond donors (Lipinski definition) is 1. The van der Waals surface area contributed by atoms with Crippen LogP contribution in [-0.4, -0.2) is 40.2 Å². The maximum Gasteiger partial charge on any atom is 0.235 e. The van der Waals surface area contributed by atoms with Gasteiger partial charge in [-0.15, -0.1) is 0 Å². The summed E-state index contributed by atoms with van der Waals surface area (Å²) in [6.07, 6.45) is 0. The third-order valence-electron chi connectivity index (χ3n) is 5.06. The second-order valence-corrected chi connectivity index (χ2v) is 9.45. The lowest BCUT2D eigenvalue weighted by Gasteiger charge is -2.41. The molecule has 1 aromatic carbocycles. The summed E-state index contributed by atoms with van der Waals surface area (Å²) in [4.78, 5) is 24.3. The Morgan fingerprint density at radius 1 is 1.23 bits per heavy atom. The van der Waals surface area contributed by atoms with Crippen LogP contribution in [0, 0.1) is 24.6 Å². The Kier molecular flexibility index (Phi) is 5.82. The summed E-state index contributed by atoms with van der Waals surface area (Å²) in [5.41, 5.74) is 2.28. The highest BCUT2D eigenvalue weighted by atomic mass is 32.2. The average Bonchev–Trinajstić information content (AvgIpc) is 3.08. The minimum absolute atomic E-state index is 0.0737. The molecular formula is C20H19F2N5O2S2. The van der Waals surface area contributed by atoms with E-state index in [4.69, 9.17) is 5.14 Å². The molecular weight excluding hydrogens is 444 g/mol. The van der Waals surface area contributed by atoms with E-state index in [1.807, 2.05) is 17.0 Å². The summed E-state index contributed by atoms with van der Waals surface area (Å²) < 4.78 is 38.7. The minimum Gasteiger partial charge on any atom is -0.370 e. The van der Waals surface area contributed by atoms with Gasteiger partial charge in [-0.2, -0.15) is 4.39 Å². The van der Waals surface area contributed by atoms with Crippen LogP contribution in [0.3, 0.4) is 0 Å². The third kappa shape index (κ3) is 4.34. The topological polar surface area (TPSA) is 92.4 Å². The number of benzene rings is 1. The van der Waals surface area contributed by atoms with Gasteiger partial charge in [0.05, 0.1) is 17.3 Å². The molecule has 1 aliphatic rings. The number of carbonyl (C=O) groups is 1. The largest absolute Gasteiger partial charge is 0.370 e. The Balaban J connectivity index is 1.40. The van der Waals surface area contributed by atoms with Gasteiger partial charge in [-0.05, 0) is 19.1 Å². The van der Waals surface area contributed by atoms with Crippen molar-refractivity contribution in [2.75, 3.05) is 29.9 Å². The summed E-state index contributed by atoms with van der Waals surface area (Å²) in [7, 11) is 0.0117. The third-order valence-corrected chi connectivity index (χ3v) is 7.49. The highest BCUT2D eigenvalue weighted by Crippen LogP contribution is 2.31. The Hall–Kier alpha value is -2.76. The Morgan fingerprint density at radius 2 is 1.90 bits per heavy atom. The predicted octanol–water partition coefficient (Wildman–Crippen LogP) is 2.87. The second-order valence-electron chi connectivity index (χ2n) is 7.21. The molecule has 0 saturated carbocycles. The van der Waals surface area contributed by atoms with E-state index in [9.17, 15) is 17.8 Å². The highest BCUT2D eigenvalue weighted by molar-refractivity contribution is 7.85. The van der Waals surface area contributed by atoms with Gasteiger partial charge in [-0.25, -0.2) is 23.7 Å². The van der Waals surface area contributed by atoms with Crippen LogP contribution >= 0.6 is 11.3 Å². The molecule has 1 unspecified atom stereocenters. The molecule has 2 N–H and O–H groups in total. The first kappa shape index (κ1) is 21.5. The number of nitrogens with zero attached hydrogens (tertiary/aromatic N) is 4. The van der Waals surface area contributed by atoms with Gasteiger partial charge < -0.3 is 4.90 Å². The number of hydrogen-bond acceptors (Lipinski definition) is 6. The lowest BCUT2D eigenvalue weighted by molar-refractivity contribution is -0.122. The van der Waals surface area contributed by atoms with E-state index in [0.29, 0.717) is 33.7 Å². The van der Waals surface area contributed by atoms with Gasteiger partial charge in [0.25, 0.3) is 0 Å². The van der Waals surface area contributed by atoms with E-state index in [-0.39, 0.29) is 17.5 Å². The molecule has 3 heterocycles. The molecule has 1 fully saturated rings. The van der Waals surface area contributed by atoms with E-state index >= 15 is 0 Å². The Labute approximate surface area is 184 Å². The number of nitrogens with two attached hydrogens (primary N) is 1. The van der Waals surface area contributed by atoms with Crippen LogP contribution in [0.25, 0.3) is 11.3 Å². The molecule has 1 aliphatic heterocycles. The minimum atomic E-state index is -1.63. The van der Waals surface area contributed by atoms with E-state index in [1.54, 1.807) is 26.1 Å². The van der Waals surface area contributed by atoms with Gasteiger partial charge in [-0.3, -0.25) is 9.69 Å². The molecule has 31 heavy (non-hydrogen) atoms. The normalized spacial score (nSPS) is 14.9. The Morgan fingerprint density at radius 3 is 2.48 bits per heavy atom. The van der Waals surface area contributed by atoms with Crippen molar-refractivity contribution in [2.24, 2.45) is 11.1 Å². The number of aryl methyl sites for hydroxylation is 1. The smallest absolute Gasteiger partial charge is 0.235 e. The summed E-state index contributed by atoms with van der Waals surface area (Å²) in [5.74, 6) is -1.82. The van der Waals surface area contributed by atoms with Crippen molar-refractivity contribution in [3.05, 3.63) is 53.9 Å². The maximum absolute atomic E-state index is 13.4. The van der Waals surface area contributed by atoms with Gasteiger partial charge in [0, 0.05) is 43.5 Å². The predicted molar refractivity (Wildman–Crippen MR) is 116 cm³/mol. The first-order valence-electron chi connectivity index (χ1n) is 9.32. The number of carbonyl (C=O) groups excluding carboxylic acids is 1. The second kappa shape index (κ2) is 8.40. The van der Waals surface area contributed by atoms with Crippen molar-refractivity contribution in [1.29, 1.82) is 0 Å². The number of pyridine rings is 1. The number of aromatic nitrogens is 2. The van der Waals surface area contributed by atoms with Crippen molar-refractivity contribution in [3.63, 3.8) is 0 Å². The summed E-state index contributed by atoms with van der Waals surface area (Å²) in [6, 6.07) is 9.05. The van der Waals surface area contributed by atoms with Gasteiger partial charge in [0.15, 0.2) is 5.13 Å². The first-order valence-corrected chi connectivity index (χ1v) is 11.4. The zero-order valence-electron chi connectivity index (χ0n) is 16.7. The van der Waals surface area contributed by atoms with Crippen LogP contribution in [0.4, 0.5) is 19.6 Å². The van der Waals surface area contributed by atoms with Gasteiger partial charge in [0.1, 0.15) is 21.0 Å². The summed E-state index contributed by atoms with van der Waals surface area (Å²) in [6.45, 7) is 2.78. The van der Waals surface area contributed by atoms with Crippen LogP contribution in [0.5, 0.6) is 0 Å². The molecule has 1 amide bonds. The molecule has 0 radical (unpaired) electrons. The summed E-state index contributed by atoms with van der Waals surface area (Å²) >= 11 is 1.15. The van der Waals surface area contributed by atoms with E-state index in [1.165, 1.54) is 11.0 Å². The van der Waals surface area contributed by atoms with Crippen LogP contribution in [0.2, 0.25) is 0 Å². The van der Waals surface area contributed by atoms with Crippen molar-refractivity contribution >= 4 is 39.0 Å². The number of rotatable bonds is 5. The molecule has 0 spiro atoms.